The van der Waals surface area contributed by atoms with E-state index in [-0.39, 0.29) is 17.4 Å². The third-order valence-corrected chi connectivity index (χ3v) is 4.35. The number of phenolic OH excluding ortho intramolecular Hbond substituents is 1. The zero-order valence-corrected chi connectivity index (χ0v) is 17.5. The lowest BCUT2D eigenvalue weighted by Gasteiger charge is -2.20. The summed E-state index contributed by atoms with van der Waals surface area (Å²) in [5.41, 5.74) is 6.98. The molecule has 0 heterocycles. The summed E-state index contributed by atoms with van der Waals surface area (Å²) in [6.07, 6.45) is 0.674. The van der Waals surface area contributed by atoms with Crippen LogP contribution < -0.4 is 19.9 Å². The lowest BCUT2D eigenvalue weighted by atomic mass is 10.1. The topological polar surface area (TPSA) is 111 Å². The first-order valence-corrected chi connectivity index (χ1v) is 9.64. The molecule has 0 aliphatic heterocycles. The summed E-state index contributed by atoms with van der Waals surface area (Å²) in [6, 6.07) is 21.0. The Labute approximate surface area is 181 Å². The zero-order chi connectivity index (χ0) is 22.6. The Hall–Kier alpha value is -3.71. The van der Waals surface area contributed by atoms with Crippen molar-refractivity contribution in [1.82, 2.24) is 0 Å². The molecule has 0 amide bonds. The minimum atomic E-state index is -0.986. The van der Waals surface area contributed by atoms with Gasteiger partial charge in [-0.15, -0.1) is 0 Å². The Morgan fingerprint density at radius 1 is 0.935 bits per heavy atom. The summed E-state index contributed by atoms with van der Waals surface area (Å²) in [6.45, 7) is 0.562. The number of benzene rings is 3. The van der Waals surface area contributed by atoms with E-state index in [1.807, 2.05) is 48.5 Å². The molecular formula is C24H27NO6. The van der Waals surface area contributed by atoms with Crippen LogP contribution in [-0.4, -0.2) is 36.9 Å². The van der Waals surface area contributed by atoms with E-state index in [0.29, 0.717) is 18.0 Å². The van der Waals surface area contributed by atoms with E-state index < -0.39 is 5.97 Å². The number of aromatic hydroxyl groups is 1. The fourth-order valence-corrected chi connectivity index (χ4v) is 2.77. The number of methoxy groups -OCH3 is 2. The number of rotatable bonds is 8. The maximum absolute atomic E-state index is 10.2. The van der Waals surface area contributed by atoms with Gasteiger partial charge in [-0.1, -0.05) is 30.3 Å². The largest absolute Gasteiger partial charge is 0.508 e. The predicted octanol–water partition coefficient (Wildman–Crippen LogP) is 4.26. The molecule has 164 valence electrons. The summed E-state index contributed by atoms with van der Waals surface area (Å²) in [7, 11) is 3.22. The maximum atomic E-state index is 10.2. The van der Waals surface area contributed by atoms with Crippen molar-refractivity contribution in [2.24, 2.45) is 5.73 Å². The quantitative estimate of drug-likeness (QED) is 0.494. The number of nitrogens with two attached hydrogens (primary N) is 1. The third kappa shape index (κ3) is 7.24. The van der Waals surface area contributed by atoms with Crippen LogP contribution in [0.2, 0.25) is 0 Å². The molecule has 0 aromatic heterocycles. The number of carboxylic acids is 1. The summed E-state index contributed by atoms with van der Waals surface area (Å²) in [5.74, 6) is 1.15. The molecule has 3 aromatic carbocycles. The molecule has 0 aliphatic rings. The van der Waals surface area contributed by atoms with E-state index in [9.17, 15) is 4.79 Å². The normalized spacial score (nSPS) is 10.9. The summed E-state index contributed by atoms with van der Waals surface area (Å²) in [5, 5.41) is 17.1. The van der Waals surface area contributed by atoms with Crippen LogP contribution in [0.25, 0.3) is 0 Å². The van der Waals surface area contributed by atoms with E-state index in [4.69, 9.17) is 30.2 Å². The van der Waals surface area contributed by atoms with Gasteiger partial charge in [0, 0.05) is 12.5 Å². The number of ether oxygens (including phenoxy) is 3. The fourth-order valence-electron chi connectivity index (χ4n) is 2.77. The number of carbonyl (C=O) groups is 1. The molecule has 0 saturated carbocycles. The summed E-state index contributed by atoms with van der Waals surface area (Å²) >= 11 is 0. The lowest BCUT2D eigenvalue weighted by molar-refractivity contribution is 0.0697. The van der Waals surface area contributed by atoms with Gasteiger partial charge in [0.15, 0.2) is 11.5 Å². The van der Waals surface area contributed by atoms with Gasteiger partial charge in [0.05, 0.1) is 19.8 Å². The van der Waals surface area contributed by atoms with Crippen LogP contribution in [0.3, 0.4) is 0 Å². The number of phenols is 1. The standard InChI is InChI=1S/C17H21NO3.C7H6O3/c1-19-16-9-8-14(12-17(16)20-2)21-15(10-11-18)13-6-4-3-5-7-13;8-6-3-1-5(2-4-6)7(9)10/h3-9,12,15H,10-11,18H2,1-2H3;1-4,8H,(H,9,10). The van der Waals surface area contributed by atoms with Crippen molar-refractivity contribution in [1.29, 1.82) is 0 Å². The minimum absolute atomic E-state index is 0.0741. The molecule has 0 fully saturated rings. The highest BCUT2D eigenvalue weighted by molar-refractivity contribution is 5.87. The Morgan fingerprint density at radius 3 is 2.13 bits per heavy atom. The van der Waals surface area contributed by atoms with Crippen molar-refractivity contribution in [2.45, 2.75) is 12.5 Å². The third-order valence-electron chi connectivity index (χ3n) is 4.35. The second-order valence-corrected chi connectivity index (χ2v) is 6.46. The second-order valence-electron chi connectivity index (χ2n) is 6.46. The van der Waals surface area contributed by atoms with Gasteiger partial charge in [0.2, 0.25) is 0 Å². The van der Waals surface area contributed by atoms with Crippen molar-refractivity contribution < 1.29 is 29.2 Å². The maximum Gasteiger partial charge on any atom is 0.335 e. The summed E-state index contributed by atoms with van der Waals surface area (Å²) < 4.78 is 16.6. The number of carboxylic acid groups (broad SMARTS) is 1. The molecule has 0 saturated heterocycles. The highest BCUT2D eigenvalue weighted by Crippen LogP contribution is 2.33. The first kappa shape index (κ1) is 23.6. The van der Waals surface area contributed by atoms with Crippen LogP contribution in [0.1, 0.15) is 28.4 Å². The van der Waals surface area contributed by atoms with E-state index in [1.165, 1.54) is 24.3 Å². The number of aromatic carboxylic acids is 1. The minimum Gasteiger partial charge on any atom is -0.508 e. The van der Waals surface area contributed by atoms with Crippen molar-refractivity contribution in [2.75, 3.05) is 20.8 Å². The monoisotopic (exact) mass is 425 g/mol. The van der Waals surface area contributed by atoms with Crippen LogP contribution in [0, 0.1) is 0 Å². The van der Waals surface area contributed by atoms with Gasteiger partial charge in [-0.05, 0) is 48.5 Å². The highest BCUT2D eigenvalue weighted by atomic mass is 16.5. The lowest BCUT2D eigenvalue weighted by Crippen LogP contribution is -2.13. The van der Waals surface area contributed by atoms with Crippen molar-refractivity contribution in [3.05, 3.63) is 83.9 Å². The molecule has 4 N–H and O–H groups in total. The molecule has 0 bridgehead atoms. The SMILES string of the molecule is COc1ccc(OC(CCN)c2ccccc2)cc1OC.O=C(O)c1ccc(O)cc1. The zero-order valence-electron chi connectivity index (χ0n) is 17.5. The number of hydrogen-bond donors (Lipinski definition) is 3. The highest BCUT2D eigenvalue weighted by Gasteiger charge is 2.14. The van der Waals surface area contributed by atoms with Crippen LogP contribution in [-0.2, 0) is 0 Å². The molecule has 0 spiro atoms. The smallest absolute Gasteiger partial charge is 0.335 e. The van der Waals surface area contributed by atoms with Gasteiger partial charge >= 0.3 is 5.97 Å². The van der Waals surface area contributed by atoms with Crippen LogP contribution in [0.5, 0.6) is 23.0 Å². The van der Waals surface area contributed by atoms with Crippen LogP contribution >= 0.6 is 0 Å². The Balaban J connectivity index is 0.000000285. The van der Waals surface area contributed by atoms with E-state index in [2.05, 4.69) is 0 Å². The first-order chi connectivity index (χ1) is 15.0. The first-order valence-electron chi connectivity index (χ1n) is 9.64. The Kier molecular flexibility index (Phi) is 9.19. The van der Waals surface area contributed by atoms with Crippen LogP contribution in [0.4, 0.5) is 0 Å². The Morgan fingerprint density at radius 2 is 1.58 bits per heavy atom. The molecule has 7 heteroatoms. The van der Waals surface area contributed by atoms with Gasteiger partial charge in [-0.2, -0.15) is 0 Å². The van der Waals surface area contributed by atoms with Crippen molar-refractivity contribution in [3.63, 3.8) is 0 Å². The van der Waals surface area contributed by atoms with Gasteiger partial charge < -0.3 is 30.2 Å². The van der Waals surface area contributed by atoms with E-state index in [1.54, 1.807) is 14.2 Å². The van der Waals surface area contributed by atoms with Crippen molar-refractivity contribution in [3.8, 4) is 23.0 Å². The Bertz CT molecular complexity index is 944. The molecule has 3 aromatic rings. The average molecular weight is 425 g/mol. The molecule has 0 aliphatic carbocycles. The number of hydrogen-bond acceptors (Lipinski definition) is 6. The van der Waals surface area contributed by atoms with Crippen LogP contribution in [0.15, 0.2) is 72.8 Å². The van der Waals surface area contributed by atoms with Crippen molar-refractivity contribution >= 4 is 5.97 Å². The molecular weight excluding hydrogens is 398 g/mol. The predicted molar refractivity (Wildman–Crippen MR) is 118 cm³/mol. The van der Waals surface area contributed by atoms with E-state index >= 15 is 0 Å². The molecule has 31 heavy (non-hydrogen) atoms. The molecule has 3 rings (SSSR count). The second kappa shape index (κ2) is 12.1. The molecule has 1 unspecified atom stereocenters. The molecule has 1 atom stereocenters. The van der Waals surface area contributed by atoms with Gasteiger partial charge in [0.25, 0.3) is 0 Å². The average Bonchev–Trinajstić information content (AvgIpc) is 2.80. The molecule has 0 radical (unpaired) electrons. The van der Waals surface area contributed by atoms with Gasteiger partial charge in [0.1, 0.15) is 17.6 Å². The summed E-state index contributed by atoms with van der Waals surface area (Å²) in [4.78, 5) is 10.2. The van der Waals surface area contributed by atoms with Gasteiger partial charge in [-0.25, -0.2) is 4.79 Å². The molecule has 7 nitrogen and oxygen atoms in total. The fraction of sp³-hybridized carbons (Fsp3) is 0.208. The van der Waals surface area contributed by atoms with Gasteiger partial charge in [-0.3, -0.25) is 0 Å². The van der Waals surface area contributed by atoms with E-state index in [0.717, 1.165) is 17.7 Å².